The number of rotatable bonds is 3. The monoisotopic (exact) mass is 356 g/mol. The number of hydrogen-bond donors (Lipinski definition) is 0. The second-order valence-electron chi connectivity index (χ2n) is 6.66. The van der Waals surface area contributed by atoms with Crippen LogP contribution >= 0.6 is 0 Å². The summed E-state index contributed by atoms with van der Waals surface area (Å²) in [7, 11) is 0. The predicted octanol–water partition coefficient (Wildman–Crippen LogP) is 4.90. The van der Waals surface area contributed by atoms with Crippen LogP contribution in [0.25, 0.3) is 0 Å². The van der Waals surface area contributed by atoms with Gasteiger partial charge in [-0.2, -0.15) is 0 Å². The Morgan fingerprint density at radius 1 is 0.885 bits per heavy atom. The van der Waals surface area contributed by atoms with Crippen LogP contribution in [0, 0.1) is 17.5 Å². The summed E-state index contributed by atoms with van der Waals surface area (Å²) in [5.41, 5.74) is 2.63. The Labute approximate surface area is 150 Å². The molecule has 0 N–H and O–H groups in total. The zero-order chi connectivity index (χ0) is 18.1. The summed E-state index contributed by atoms with van der Waals surface area (Å²) < 4.78 is 42.9. The van der Waals surface area contributed by atoms with Gasteiger partial charge in [0.1, 0.15) is 5.82 Å². The van der Waals surface area contributed by atoms with Gasteiger partial charge in [0.25, 0.3) is 0 Å². The third kappa shape index (κ3) is 3.27. The molecule has 4 rings (SSSR count). The second kappa shape index (κ2) is 7.00. The van der Waals surface area contributed by atoms with E-state index in [4.69, 9.17) is 0 Å². The molecule has 0 bridgehead atoms. The highest BCUT2D eigenvalue weighted by molar-refractivity contribution is 5.31. The smallest absolute Gasteiger partial charge is 0.159 e. The Bertz CT molecular complexity index is 919. The Hall–Kier alpha value is -2.53. The second-order valence-corrected chi connectivity index (χ2v) is 6.66. The van der Waals surface area contributed by atoms with E-state index < -0.39 is 11.6 Å². The molecule has 2 heterocycles. The minimum Gasteiger partial charge on any atom is -0.350 e. The maximum Gasteiger partial charge on any atom is 0.159 e. The highest BCUT2D eigenvalue weighted by atomic mass is 19.2. The molecule has 2 nitrogen and oxygen atoms in total. The lowest BCUT2D eigenvalue weighted by molar-refractivity contribution is 0.219. The van der Waals surface area contributed by atoms with Crippen molar-refractivity contribution in [1.82, 2.24) is 9.47 Å². The standard InChI is InChI=1S/C21H19F3N2/c22-17-5-1-4-16(13-17)21-20-6-2-9-25(20)10-3-11-26(21)14-15-7-8-18(23)19(24)12-15/h1-2,4-9,12-13,21H,3,10-11,14H2/t21-/m0/s1. The lowest BCUT2D eigenvalue weighted by Crippen LogP contribution is -2.29. The summed E-state index contributed by atoms with van der Waals surface area (Å²) in [5.74, 6) is -1.97. The van der Waals surface area contributed by atoms with Crippen molar-refractivity contribution in [3.63, 3.8) is 0 Å². The third-order valence-corrected chi connectivity index (χ3v) is 4.89. The molecule has 26 heavy (non-hydrogen) atoms. The number of hydrogen-bond acceptors (Lipinski definition) is 1. The first-order valence-electron chi connectivity index (χ1n) is 8.70. The number of nitrogens with zero attached hydrogens (tertiary/aromatic N) is 2. The van der Waals surface area contributed by atoms with Gasteiger partial charge in [-0.15, -0.1) is 0 Å². The van der Waals surface area contributed by atoms with Crippen molar-refractivity contribution in [3.8, 4) is 0 Å². The molecule has 1 aliphatic heterocycles. The van der Waals surface area contributed by atoms with Crippen molar-refractivity contribution in [2.45, 2.75) is 25.6 Å². The fraction of sp³-hybridized carbons (Fsp3) is 0.238. The maximum atomic E-state index is 13.9. The molecule has 2 aromatic carbocycles. The first kappa shape index (κ1) is 16.9. The van der Waals surface area contributed by atoms with E-state index >= 15 is 0 Å². The number of aromatic nitrogens is 1. The topological polar surface area (TPSA) is 8.17 Å². The number of aryl methyl sites for hydroxylation is 1. The molecule has 0 saturated carbocycles. The van der Waals surface area contributed by atoms with Crippen molar-refractivity contribution in [2.24, 2.45) is 0 Å². The molecule has 0 radical (unpaired) electrons. The molecule has 0 saturated heterocycles. The highest BCUT2D eigenvalue weighted by Crippen LogP contribution is 2.33. The summed E-state index contributed by atoms with van der Waals surface area (Å²) in [5, 5.41) is 0. The van der Waals surface area contributed by atoms with Crippen molar-refractivity contribution in [1.29, 1.82) is 0 Å². The molecular weight excluding hydrogens is 337 g/mol. The quantitative estimate of drug-likeness (QED) is 0.648. The van der Waals surface area contributed by atoms with Gasteiger partial charge in [0.15, 0.2) is 11.6 Å². The van der Waals surface area contributed by atoms with Crippen LogP contribution in [0.15, 0.2) is 60.8 Å². The molecule has 3 aromatic rings. The molecular formula is C21H19F3N2. The van der Waals surface area contributed by atoms with Gasteiger partial charge in [-0.3, -0.25) is 4.90 Å². The van der Waals surface area contributed by atoms with E-state index in [1.54, 1.807) is 18.2 Å². The van der Waals surface area contributed by atoms with Crippen LogP contribution in [0.4, 0.5) is 13.2 Å². The molecule has 0 aliphatic carbocycles. The van der Waals surface area contributed by atoms with Gasteiger partial charge < -0.3 is 4.57 Å². The molecule has 0 unspecified atom stereocenters. The van der Waals surface area contributed by atoms with E-state index in [-0.39, 0.29) is 11.9 Å². The summed E-state index contributed by atoms with van der Waals surface area (Å²) in [6.07, 6.45) is 2.96. The average Bonchev–Trinajstić information content (AvgIpc) is 3.00. The van der Waals surface area contributed by atoms with Crippen LogP contribution < -0.4 is 0 Å². The van der Waals surface area contributed by atoms with Gasteiger partial charge in [-0.25, -0.2) is 13.2 Å². The SMILES string of the molecule is Fc1cccc([C@H]2c3cccn3CCCN2Cc2ccc(F)c(F)c2)c1. The number of halogens is 3. The van der Waals surface area contributed by atoms with Crippen molar-refractivity contribution >= 4 is 0 Å². The minimum atomic E-state index is -0.847. The molecule has 134 valence electrons. The van der Waals surface area contributed by atoms with E-state index in [0.29, 0.717) is 12.1 Å². The van der Waals surface area contributed by atoms with E-state index in [9.17, 15) is 13.2 Å². The summed E-state index contributed by atoms with van der Waals surface area (Å²) in [6.45, 7) is 2.12. The fourth-order valence-corrected chi connectivity index (χ4v) is 3.74. The Morgan fingerprint density at radius 2 is 1.77 bits per heavy atom. The third-order valence-electron chi connectivity index (χ3n) is 4.89. The lowest BCUT2D eigenvalue weighted by atomic mass is 10.0. The summed E-state index contributed by atoms with van der Waals surface area (Å²) in [6, 6.07) is 14.5. The van der Waals surface area contributed by atoms with Gasteiger partial charge in [-0.05, 0) is 53.9 Å². The van der Waals surface area contributed by atoms with E-state index in [1.165, 1.54) is 12.1 Å². The van der Waals surface area contributed by atoms with Crippen LogP contribution in [-0.4, -0.2) is 16.0 Å². The van der Waals surface area contributed by atoms with Crippen LogP contribution in [0.1, 0.15) is 29.3 Å². The summed E-state index contributed by atoms with van der Waals surface area (Å²) >= 11 is 0. The van der Waals surface area contributed by atoms with Gasteiger partial charge in [0, 0.05) is 31.5 Å². The van der Waals surface area contributed by atoms with Gasteiger partial charge >= 0.3 is 0 Å². The molecule has 1 atom stereocenters. The Kier molecular flexibility index (Phi) is 4.55. The van der Waals surface area contributed by atoms with Crippen molar-refractivity contribution < 1.29 is 13.2 Å². The molecule has 0 spiro atoms. The van der Waals surface area contributed by atoms with E-state index in [0.717, 1.165) is 36.8 Å². The molecule has 1 aromatic heterocycles. The van der Waals surface area contributed by atoms with Gasteiger partial charge in [0.05, 0.1) is 6.04 Å². The summed E-state index contributed by atoms with van der Waals surface area (Å²) in [4.78, 5) is 2.19. The highest BCUT2D eigenvalue weighted by Gasteiger charge is 2.27. The largest absolute Gasteiger partial charge is 0.350 e. The predicted molar refractivity (Wildman–Crippen MR) is 94.1 cm³/mol. The first-order chi connectivity index (χ1) is 12.6. The average molecular weight is 356 g/mol. The number of benzene rings is 2. The van der Waals surface area contributed by atoms with Crippen LogP contribution in [0.5, 0.6) is 0 Å². The molecule has 0 fully saturated rings. The number of fused-ring (bicyclic) bond motifs is 1. The van der Waals surface area contributed by atoms with Gasteiger partial charge in [0.2, 0.25) is 0 Å². The van der Waals surface area contributed by atoms with Gasteiger partial charge in [-0.1, -0.05) is 18.2 Å². The van der Waals surface area contributed by atoms with E-state index in [2.05, 4.69) is 9.47 Å². The van der Waals surface area contributed by atoms with Crippen LogP contribution in [0.2, 0.25) is 0 Å². The molecule has 0 amide bonds. The lowest BCUT2D eigenvalue weighted by Gasteiger charge is -2.30. The molecule has 1 aliphatic rings. The first-order valence-corrected chi connectivity index (χ1v) is 8.70. The van der Waals surface area contributed by atoms with Crippen LogP contribution in [-0.2, 0) is 13.1 Å². The van der Waals surface area contributed by atoms with Crippen molar-refractivity contribution in [3.05, 3.63) is 95.1 Å². The fourth-order valence-electron chi connectivity index (χ4n) is 3.74. The zero-order valence-electron chi connectivity index (χ0n) is 14.2. The maximum absolute atomic E-state index is 13.9. The van der Waals surface area contributed by atoms with Crippen molar-refractivity contribution in [2.75, 3.05) is 6.54 Å². The molecule has 5 heteroatoms. The van der Waals surface area contributed by atoms with E-state index in [1.807, 2.05) is 24.4 Å². The Balaban J connectivity index is 1.74. The normalized spacial score (nSPS) is 17.7. The Morgan fingerprint density at radius 3 is 2.58 bits per heavy atom. The minimum absolute atomic E-state index is 0.142. The van der Waals surface area contributed by atoms with Crippen LogP contribution in [0.3, 0.4) is 0 Å². The zero-order valence-corrected chi connectivity index (χ0v) is 14.2.